The number of hydrogen-bond acceptors (Lipinski definition) is 8. The molecule has 0 atom stereocenters. The minimum absolute atomic E-state index is 0.183. The second-order valence-corrected chi connectivity index (χ2v) is 6.68. The van der Waals surface area contributed by atoms with Gasteiger partial charge in [-0.2, -0.15) is 0 Å². The predicted molar refractivity (Wildman–Crippen MR) is 72.3 cm³/mol. The van der Waals surface area contributed by atoms with Crippen LogP contribution in [0.3, 0.4) is 0 Å². The Morgan fingerprint density at radius 3 is 2.67 bits per heavy atom. The molecule has 0 amide bonds. The van der Waals surface area contributed by atoms with Crippen molar-refractivity contribution in [2.45, 2.75) is 14.9 Å². The average Bonchev–Trinajstić information content (AvgIpc) is 2.84. The van der Waals surface area contributed by atoms with E-state index in [9.17, 15) is 18.5 Å². The second kappa shape index (κ2) is 5.75. The minimum Gasteiger partial charge on any atom is -0.258 e. The molecule has 1 aromatic heterocycles. The maximum absolute atomic E-state index is 11.7. The van der Waals surface area contributed by atoms with Crippen LogP contribution in [0.1, 0.15) is 0 Å². The van der Waals surface area contributed by atoms with Crippen LogP contribution in [0.5, 0.6) is 0 Å². The third kappa shape index (κ3) is 3.17. The summed E-state index contributed by atoms with van der Waals surface area (Å²) in [5.74, 6) is 0. The average molecular weight is 330 g/mol. The van der Waals surface area contributed by atoms with Crippen LogP contribution >= 0.6 is 11.8 Å². The highest BCUT2D eigenvalue weighted by Crippen LogP contribution is 2.34. The molecule has 0 saturated carbocycles. The summed E-state index contributed by atoms with van der Waals surface area (Å²) < 4.78 is 26.8. The first-order chi connectivity index (χ1) is 9.85. The van der Waals surface area contributed by atoms with Crippen molar-refractivity contribution in [3.05, 3.63) is 28.3 Å². The van der Waals surface area contributed by atoms with Crippen molar-refractivity contribution in [2.75, 3.05) is 7.05 Å². The first-order valence-electron chi connectivity index (χ1n) is 5.47. The molecule has 112 valence electrons. The summed E-state index contributed by atoms with van der Waals surface area (Å²) in [6, 6.07) is 3.63. The monoisotopic (exact) mass is 330 g/mol. The quantitative estimate of drug-likeness (QED) is 0.606. The number of hydrogen-bond donors (Lipinski definition) is 1. The number of aryl methyl sites for hydroxylation is 1. The number of sulfonamides is 1. The van der Waals surface area contributed by atoms with Gasteiger partial charge in [-0.3, -0.25) is 10.1 Å². The fourth-order valence-electron chi connectivity index (χ4n) is 1.42. The molecule has 0 radical (unpaired) electrons. The molecule has 0 spiro atoms. The van der Waals surface area contributed by atoms with Gasteiger partial charge in [-0.15, -0.1) is 5.10 Å². The first kappa shape index (κ1) is 15.3. The van der Waals surface area contributed by atoms with E-state index in [2.05, 4.69) is 20.2 Å². The number of benzene rings is 1. The summed E-state index contributed by atoms with van der Waals surface area (Å²) in [5, 5.41) is 22.2. The van der Waals surface area contributed by atoms with Gasteiger partial charge in [0.1, 0.15) is 0 Å². The van der Waals surface area contributed by atoms with Gasteiger partial charge >= 0.3 is 0 Å². The molecule has 1 heterocycles. The molecule has 0 aliphatic carbocycles. The number of rotatable bonds is 5. The lowest BCUT2D eigenvalue weighted by molar-refractivity contribution is -0.388. The van der Waals surface area contributed by atoms with Gasteiger partial charge in [-0.1, -0.05) is 0 Å². The van der Waals surface area contributed by atoms with Gasteiger partial charge in [-0.05, 0) is 41.4 Å². The third-order valence-corrected chi connectivity index (χ3v) is 4.99. The Morgan fingerprint density at radius 2 is 2.14 bits per heavy atom. The highest BCUT2D eigenvalue weighted by Gasteiger charge is 2.22. The zero-order chi connectivity index (χ0) is 15.6. The van der Waals surface area contributed by atoms with Crippen molar-refractivity contribution < 1.29 is 13.3 Å². The van der Waals surface area contributed by atoms with E-state index >= 15 is 0 Å². The van der Waals surface area contributed by atoms with Crippen molar-refractivity contribution in [1.29, 1.82) is 0 Å². The van der Waals surface area contributed by atoms with E-state index in [1.54, 1.807) is 7.05 Å². The molecule has 0 unspecified atom stereocenters. The number of nitrogens with one attached hydrogen (secondary N) is 1. The molecule has 1 aromatic carbocycles. The number of tetrazole rings is 1. The third-order valence-electron chi connectivity index (χ3n) is 2.49. The summed E-state index contributed by atoms with van der Waals surface area (Å²) >= 11 is 0.973. The van der Waals surface area contributed by atoms with Crippen molar-refractivity contribution >= 4 is 27.5 Å². The molecule has 21 heavy (non-hydrogen) atoms. The van der Waals surface area contributed by atoms with Gasteiger partial charge in [0.15, 0.2) is 0 Å². The summed E-state index contributed by atoms with van der Waals surface area (Å²) in [6.07, 6.45) is 0. The van der Waals surface area contributed by atoms with E-state index in [1.165, 1.54) is 23.9 Å². The Balaban J connectivity index is 2.48. The lowest BCUT2D eigenvalue weighted by Crippen LogP contribution is -2.18. The normalized spacial score (nSPS) is 11.5. The highest BCUT2D eigenvalue weighted by molar-refractivity contribution is 7.99. The Hall–Kier alpha value is -2.05. The molecule has 10 nitrogen and oxygen atoms in total. The SMILES string of the molecule is CNS(=O)(=O)c1ccc(Sc2nnnn2C)c([N+](=O)[O-])c1. The van der Waals surface area contributed by atoms with E-state index in [0.29, 0.717) is 5.16 Å². The van der Waals surface area contributed by atoms with Crippen LogP contribution in [0, 0.1) is 10.1 Å². The van der Waals surface area contributed by atoms with E-state index in [-0.39, 0.29) is 15.5 Å². The van der Waals surface area contributed by atoms with Crippen LogP contribution in [0.15, 0.2) is 33.1 Å². The molecule has 1 N–H and O–H groups in total. The number of nitro benzene ring substituents is 1. The number of aromatic nitrogens is 4. The van der Waals surface area contributed by atoms with Gasteiger partial charge < -0.3 is 0 Å². The summed E-state index contributed by atoms with van der Waals surface area (Å²) in [4.78, 5) is 10.5. The van der Waals surface area contributed by atoms with Gasteiger partial charge in [0.25, 0.3) is 5.69 Å². The van der Waals surface area contributed by atoms with Gasteiger partial charge in [0.05, 0.1) is 14.7 Å². The molecule has 12 heteroatoms. The first-order valence-corrected chi connectivity index (χ1v) is 7.77. The Morgan fingerprint density at radius 1 is 1.43 bits per heavy atom. The zero-order valence-electron chi connectivity index (χ0n) is 10.9. The van der Waals surface area contributed by atoms with Gasteiger partial charge in [-0.25, -0.2) is 17.8 Å². The fraction of sp³-hybridized carbons (Fsp3) is 0.222. The van der Waals surface area contributed by atoms with Crippen LogP contribution in [0.4, 0.5) is 5.69 Å². The molecule has 0 bridgehead atoms. The lowest BCUT2D eigenvalue weighted by Gasteiger charge is -2.05. The van der Waals surface area contributed by atoms with Crippen LogP contribution in [0.25, 0.3) is 0 Å². The predicted octanol–water partition coefficient (Wildman–Crippen LogP) is 0.178. The van der Waals surface area contributed by atoms with Crippen LogP contribution in [-0.4, -0.2) is 40.6 Å². The minimum atomic E-state index is -3.75. The maximum atomic E-state index is 11.7. The fourth-order valence-corrected chi connectivity index (χ4v) is 2.98. The smallest absolute Gasteiger partial charge is 0.258 e. The highest BCUT2D eigenvalue weighted by atomic mass is 32.2. The summed E-state index contributed by atoms with van der Waals surface area (Å²) in [6.45, 7) is 0. The number of nitro groups is 1. The van der Waals surface area contributed by atoms with Crippen LogP contribution in [0.2, 0.25) is 0 Å². The molecule has 2 aromatic rings. The van der Waals surface area contributed by atoms with Crippen LogP contribution < -0.4 is 4.72 Å². The molecule has 0 saturated heterocycles. The molecule has 0 aliphatic heterocycles. The lowest BCUT2D eigenvalue weighted by atomic mass is 10.3. The van der Waals surface area contributed by atoms with Crippen molar-refractivity contribution in [3.8, 4) is 0 Å². The number of nitrogens with zero attached hydrogens (tertiary/aromatic N) is 5. The second-order valence-electron chi connectivity index (χ2n) is 3.78. The van der Waals surface area contributed by atoms with E-state index in [4.69, 9.17) is 0 Å². The Bertz CT molecular complexity index is 787. The molecule has 2 rings (SSSR count). The summed E-state index contributed by atoms with van der Waals surface area (Å²) in [5.41, 5.74) is -0.334. The van der Waals surface area contributed by atoms with Gasteiger partial charge in [0.2, 0.25) is 15.2 Å². The molecular weight excluding hydrogens is 320 g/mol. The molecular formula is C9H10N6O4S2. The Labute approximate surface area is 123 Å². The summed E-state index contributed by atoms with van der Waals surface area (Å²) in [7, 11) is -0.928. The molecule has 0 aliphatic rings. The standard InChI is InChI=1S/C9H10N6O4S2/c1-10-21(18,19)6-3-4-8(7(5-6)15(16)17)20-9-11-12-13-14(9)2/h3-5,10H,1-2H3. The van der Waals surface area contributed by atoms with E-state index in [0.717, 1.165) is 17.8 Å². The van der Waals surface area contributed by atoms with Crippen LogP contribution in [-0.2, 0) is 17.1 Å². The van der Waals surface area contributed by atoms with Crippen molar-refractivity contribution in [3.63, 3.8) is 0 Å². The van der Waals surface area contributed by atoms with Crippen molar-refractivity contribution in [2.24, 2.45) is 7.05 Å². The zero-order valence-corrected chi connectivity index (χ0v) is 12.6. The Kier molecular flexibility index (Phi) is 4.20. The van der Waals surface area contributed by atoms with E-state index < -0.39 is 14.9 Å². The van der Waals surface area contributed by atoms with Gasteiger partial charge in [0, 0.05) is 13.1 Å². The van der Waals surface area contributed by atoms with Crippen molar-refractivity contribution in [1.82, 2.24) is 24.9 Å². The molecule has 0 fully saturated rings. The topological polar surface area (TPSA) is 133 Å². The largest absolute Gasteiger partial charge is 0.284 e. The van der Waals surface area contributed by atoms with E-state index in [1.807, 2.05) is 0 Å². The maximum Gasteiger partial charge on any atom is 0.284 e.